The molecule has 0 fully saturated rings. The molecule has 1 heterocycles. The molecule has 1 N–H and O–H groups in total. The first-order valence-electron chi connectivity index (χ1n) is 7.56. The first kappa shape index (κ1) is 17.4. The van der Waals surface area contributed by atoms with E-state index in [1.54, 1.807) is 30.3 Å². The summed E-state index contributed by atoms with van der Waals surface area (Å²) in [5, 5.41) is 3.49. The highest BCUT2D eigenvalue weighted by atomic mass is 35.5. The molecule has 0 aliphatic heterocycles. The number of carbonyl (C=O) groups excluding carboxylic acids is 1. The standard InChI is InChI=1S/C19H15Cl2NO3/c1-12-2-5-14(6-3-12)24-11-15-7-9-18(25-15)19(23)22-13-4-8-16(20)17(21)10-13/h2-10H,11H2,1H3,(H,22,23). The van der Waals surface area contributed by atoms with Gasteiger partial charge in [0.1, 0.15) is 18.1 Å². The van der Waals surface area contributed by atoms with Gasteiger partial charge in [0.25, 0.3) is 5.91 Å². The lowest BCUT2D eigenvalue weighted by Crippen LogP contribution is -2.10. The van der Waals surface area contributed by atoms with Crippen LogP contribution in [0.15, 0.2) is 59.0 Å². The molecule has 4 nitrogen and oxygen atoms in total. The minimum Gasteiger partial charge on any atom is -0.486 e. The largest absolute Gasteiger partial charge is 0.486 e. The number of rotatable bonds is 5. The van der Waals surface area contributed by atoms with Gasteiger partial charge in [0.15, 0.2) is 5.76 Å². The maximum atomic E-state index is 12.2. The van der Waals surface area contributed by atoms with Gasteiger partial charge in [-0.3, -0.25) is 4.79 Å². The number of aryl methyl sites for hydroxylation is 1. The Kier molecular flexibility index (Phi) is 5.31. The van der Waals surface area contributed by atoms with Crippen molar-refractivity contribution in [3.63, 3.8) is 0 Å². The van der Waals surface area contributed by atoms with Gasteiger partial charge in [0, 0.05) is 5.69 Å². The number of anilines is 1. The van der Waals surface area contributed by atoms with Crippen LogP contribution < -0.4 is 10.1 Å². The van der Waals surface area contributed by atoms with Crippen molar-refractivity contribution in [3.05, 3.63) is 81.7 Å². The zero-order valence-electron chi connectivity index (χ0n) is 13.4. The minimum absolute atomic E-state index is 0.188. The average molecular weight is 376 g/mol. The summed E-state index contributed by atoms with van der Waals surface area (Å²) in [4.78, 5) is 12.2. The Morgan fingerprint density at radius 3 is 2.52 bits per heavy atom. The molecule has 0 spiro atoms. The van der Waals surface area contributed by atoms with Crippen LogP contribution in [0, 0.1) is 6.92 Å². The molecule has 3 aromatic rings. The molecule has 1 aromatic heterocycles. The maximum Gasteiger partial charge on any atom is 0.291 e. The van der Waals surface area contributed by atoms with Gasteiger partial charge < -0.3 is 14.5 Å². The zero-order valence-corrected chi connectivity index (χ0v) is 14.9. The van der Waals surface area contributed by atoms with E-state index in [9.17, 15) is 4.79 Å². The molecular weight excluding hydrogens is 361 g/mol. The number of halogens is 2. The number of benzene rings is 2. The SMILES string of the molecule is Cc1ccc(OCc2ccc(C(=O)Nc3ccc(Cl)c(Cl)c3)o2)cc1. The molecule has 0 saturated heterocycles. The molecule has 25 heavy (non-hydrogen) atoms. The van der Waals surface area contributed by atoms with Crippen molar-refractivity contribution >= 4 is 34.8 Å². The minimum atomic E-state index is -0.375. The third-order valence-electron chi connectivity index (χ3n) is 3.46. The van der Waals surface area contributed by atoms with Crippen molar-refractivity contribution in [3.8, 4) is 5.75 Å². The van der Waals surface area contributed by atoms with Crippen LogP contribution >= 0.6 is 23.2 Å². The Labute approximate surface area is 155 Å². The van der Waals surface area contributed by atoms with E-state index in [-0.39, 0.29) is 18.3 Å². The summed E-state index contributed by atoms with van der Waals surface area (Å²) in [5.41, 5.74) is 1.69. The zero-order chi connectivity index (χ0) is 17.8. The Morgan fingerprint density at radius 2 is 1.80 bits per heavy atom. The number of furan rings is 1. The third kappa shape index (κ3) is 4.56. The number of amides is 1. The van der Waals surface area contributed by atoms with Crippen molar-refractivity contribution in [2.75, 3.05) is 5.32 Å². The van der Waals surface area contributed by atoms with Crippen LogP contribution in [0.4, 0.5) is 5.69 Å². The van der Waals surface area contributed by atoms with E-state index in [2.05, 4.69) is 5.32 Å². The van der Waals surface area contributed by atoms with Gasteiger partial charge in [-0.1, -0.05) is 40.9 Å². The predicted octanol–water partition coefficient (Wildman–Crippen LogP) is 5.73. The molecular formula is C19H15Cl2NO3. The molecule has 0 aliphatic rings. The molecule has 128 valence electrons. The Morgan fingerprint density at radius 1 is 1.04 bits per heavy atom. The molecule has 1 amide bonds. The molecule has 0 aliphatic carbocycles. The number of carbonyl (C=O) groups is 1. The lowest BCUT2D eigenvalue weighted by atomic mass is 10.2. The van der Waals surface area contributed by atoms with Gasteiger partial charge in [-0.15, -0.1) is 0 Å². The fourth-order valence-corrected chi connectivity index (χ4v) is 2.43. The molecule has 0 radical (unpaired) electrons. The number of hydrogen-bond acceptors (Lipinski definition) is 3. The van der Waals surface area contributed by atoms with Crippen molar-refractivity contribution in [1.82, 2.24) is 0 Å². The Bertz CT molecular complexity index is 888. The van der Waals surface area contributed by atoms with E-state index in [1.165, 1.54) is 0 Å². The van der Waals surface area contributed by atoms with E-state index in [0.29, 0.717) is 21.5 Å². The predicted molar refractivity (Wildman–Crippen MR) is 98.6 cm³/mol. The first-order valence-corrected chi connectivity index (χ1v) is 8.31. The molecule has 0 unspecified atom stereocenters. The summed E-state index contributed by atoms with van der Waals surface area (Å²) in [6, 6.07) is 15.9. The lowest BCUT2D eigenvalue weighted by Gasteiger charge is -2.05. The summed E-state index contributed by atoms with van der Waals surface area (Å²) in [6.45, 7) is 2.25. The van der Waals surface area contributed by atoms with Gasteiger partial charge in [-0.05, 0) is 49.4 Å². The van der Waals surface area contributed by atoms with Crippen molar-refractivity contribution in [2.45, 2.75) is 13.5 Å². The molecule has 0 atom stereocenters. The van der Waals surface area contributed by atoms with Crippen molar-refractivity contribution in [1.29, 1.82) is 0 Å². The van der Waals surface area contributed by atoms with E-state index >= 15 is 0 Å². The second-order valence-corrected chi connectivity index (χ2v) is 6.27. The van der Waals surface area contributed by atoms with E-state index in [0.717, 1.165) is 11.3 Å². The summed E-state index contributed by atoms with van der Waals surface area (Å²) in [5.74, 6) is 1.11. The van der Waals surface area contributed by atoms with E-state index in [1.807, 2.05) is 31.2 Å². The Hall–Kier alpha value is -2.43. The molecule has 2 aromatic carbocycles. The lowest BCUT2D eigenvalue weighted by molar-refractivity contribution is 0.0992. The second-order valence-electron chi connectivity index (χ2n) is 5.45. The van der Waals surface area contributed by atoms with Crippen LogP contribution in [0.25, 0.3) is 0 Å². The number of nitrogens with one attached hydrogen (secondary N) is 1. The van der Waals surface area contributed by atoms with Crippen LogP contribution in [-0.4, -0.2) is 5.91 Å². The fourth-order valence-electron chi connectivity index (χ4n) is 2.13. The summed E-state index contributed by atoms with van der Waals surface area (Å²) < 4.78 is 11.2. The number of hydrogen-bond donors (Lipinski definition) is 1. The Balaban J connectivity index is 1.61. The van der Waals surface area contributed by atoms with Crippen LogP contribution in [0.2, 0.25) is 10.0 Å². The van der Waals surface area contributed by atoms with E-state index < -0.39 is 0 Å². The van der Waals surface area contributed by atoms with Crippen LogP contribution in [0.3, 0.4) is 0 Å². The third-order valence-corrected chi connectivity index (χ3v) is 4.20. The van der Waals surface area contributed by atoms with Gasteiger partial charge >= 0.3 is 0 Å². The summed E-state index contributed by atoms with van der Waals surface area (Å²) in [7, 11) is 0. The first-order chi connectivity index (χ1) is 12.0. The van der Waals surface area contributed by atoms with Crippen molar-refractivity contribution in [2.24, 2.45) is 0 Å². The van der Waals surface area contributed by atoms with Crippen LogP contribution in [-0.2, 0) is 6.61 Å². The van der Waals surface area contributed by atoms with E-state index in [4.69, 9.17) is 32.4 Å². The highest BCUT2D eigenvalue weighted by molar-refractivity contribution is 6.42. The van der Waals surface area contributed by atoms with Gasteiger partial charge in [0.05, 0.1) is 10.0 Å². The smallest absolute Gasteiger partial charge is 0.291 e. The topological polar surface area (TPSA) is 51.5 Å². The molecule has 0 bridgehead atoms. The normalized spacial score (nSPS) is 10.5. The highest BCUT2D eigenvalue weighted by Gasteiger charge is 2.12. The molecule has 6 heteroatoms. The highest BCUT2D eigenvalue weighted by Crippen LogP contribution is 2.25. The van der Waals surface area contributed by atoms with Crippen LogP contribution in [0.5, 0.6) is 5.75 Å². The average Bonchev–Trinajstić information content (AvgIpc) is 3.07. The fraction of sp³-hybridized carbons (Fsp3) is 0.105. The molecule has 3 rings (SSSR count). The van der Waals surface area contributed by atoms with Crippen molar-refractivity contribution < 1.29 is 13.9 Å². The quantitative estimate of drug-likeness (QED) is 0.619. The van der Waals surface area contributed by atoms with Crippen LogP contribution in [0.1, 0.15) is 21.9 Å². The second kappa shape index (κ2) is 7.64. The summed E-state index contributed by atoms with van der Waals surface area (Å²) >= 11 is 11.8. The maximum absolute atomic E-state index is 12.2. The monoisotopic (exact) mass is 375 g/mol. The van der Waals surface area contributed by atoms with Gasteiger partial charge in [-0.25, -0.2) is 0 Å². The van der Waals surface area contributed by atoms with Gasteiger partial charge in [-0.2, -0.15) is 0 Å². The number of ether oxygens (including phenoxy) is 1. The van der Waals surface area contributed by atoms with Gasteiger partial charge in [0.2, 0.25) is 0 Å². The summed E-state index contributed by atoms with van der Waals surface area (Å²) in [6.07, 6.45) is 0. The molecule has 0 saturated carbocycles.